The lowest BCUT2D eigenvalue weighted by Crippen LogP contribution is -2.30. The Labute approximate surface area is 103 Å². The van der Waals surface area contributed by atoms with E-state index in [1.54, 1.807) is 7.05 Å². The van der Waals surface area contributed by atoms with Gasteiger partial charge >= 0.3 is 0 Å². The minimum Gasteiger partial charge on any atom is -0.337 e. The second kappa shape index (κ2) is 3.99. The largest absolute Gasteiger partial charge is 0.337 e. The van der Waals surface area contributed by atoms with Crippen LogP contribution in [0.1, 0.15) is 29.0 Å². The number of H-pyrrole nitrogens is 1. The number of aromatic amines is 1. The molecule has 0 aromatic carbocycles. The molecule has 1 heterocycles. The maximum absolute atomic E-state index is 12.0. The highest BCUT2D eigenvalue weighted by atomic mass is 35.7. The maximum atomic E-state index is 12.0. The molecule has 1 aliphatic rings. The molecule has 0 spiro atoms. The van der Waals surface area contributed by atoms with Gasteiger partial charge in [-0.15, -0.1) is 0 Å². The Morgan fingerprint density at radius 2 is 2.12 bits per heavy atom. The van der Waals surface area contributed by atoms with Gasteiger partial charge in [-0.05, 0) is 19.8 Å². The Balaban J connectivity index is 2.42. The molecule has 1 N–H and O–H groups in total. The van der Waals surface area contributed by atoms with Gasteiger partial charge in [0.1, 0.15) is 4.90 Å². The minimum atomic E-state index is -3.97. The topological polar surface area (TPSA) is 83.1 Å². The summed E-state index contributed by atoms with van der Waals surface area (Å²) in [7, 11) is 2.96. The van der Waals surface area contributed by atoms with Gasteiger partial charge in [-0.3, -0.25) is 9.89 Å². The number of hydrogen-bond donors (Lipinski definition) is 1. The van der Waals surface area contributed by atoms with Gasteiger partial charge in [-0.2, -0.15) is 5.10 Å². The molecular formula is C9H12ClN3O3S. The van der Waals surface area contributed by atoms with Crippen LogP contribution < -0.4 is 0 Å². The number of amides is 1. The zero-order valence-corrected chi connectivity index (χ0v) is 11.0. The number of carbonyl (C=O) groups is 1. The molecule has 2 rings (SSSR count). The van der Waals surface area contributed by atoms with Gasteiger partial charge in [0.15, 0.2) is 5.69 Å². The number of rotatable bonds is 3. The van der Waals surface area contributed by atoms with Crippen LogP contribution in [0.4, 0.5) is 0 Å². The van der Waals surface area contributed by atoms with E-state index in [1.807, 2.05) is 0 Å². The molecule has 0 unspecified atom stereocenters. The number of nitrogens with one attached hydrogen (secondary N) is 1. The van der Waals surface area contributed by atoms with Crippen LogP contribution in [0.15, 0.2) is 4.90 Å². The van der Waals surface area contributed by atoms with Gasteiger partial charge in [-0.25, -0.2) is 8.42 Å². The van der Waals surface area contributed by atoms with E-state index in [0.29, 0.717) is 0 Å². The average molecular weight is 278 g/mol. The lowest BCUT2D eigenvalue weighted by atomic mass is 10.3. The summed E-state index contributed by atoms with van der Waals surface area (Å²) in [6.45, 7) is 1.51. The van der Waals surface area contributed by atoms with Crippen LogP contribution in [0.3, 0.4) is 0 Å². The van der Waals surface area contributed by atoms with E-state index in [9.17, 15) is 13.2 Å². The molecule has 0 saturated heterocycles. The van der Waals surface area contributed by atoms with E-state index in [2.05, 4.69) is 10.2 Å². The Hall–Kier alpha value is -1.08. The molecule has 17 heavy (non-hydrogen) atoms. The Morgan fingerprint density at radius 3 is 2.59 bits per heavy atom. The van der Waals surface area contributed by atoms with Crippen molar-refractivity contribution in [2.45, 2.75) is 30.7 Å². The van der Waals surface area contributed by atoms with Crippen LogP contribution in [0.5, 0.6) is 0 Å². The molecule has 1 fully saturated rings. The summed E-state index contributed by atoms with van der Waals surface area (Å²) in [6, 6.07) is 0.186. The number of aryl methyl sites for hydroxylation is 1. The van der Waals surface area contributed by atoms with Crippen molar-refractivity contribution in [1.82, 2.24) is 15.1 Å². The van der Waals surface area contributed by atoms with Crippen LogP contribution in [0, 0.1) is 6.92 Å². The van der Waals surface area contributed by atoms with Gasteiger partial charge in [0.25, 0.3) is 15.0 Å². The molecule has 94 valence electrons. The van der Waals surface area contributed by atoms with E-state index in [1.165, 1.54) is 11.8 Å². The summed E-state index contributed by atoms with van der Waals surface area (Å²) in [5.74, 6) is -0.420. The summed E-state index contributed by atoms with van der Waals surface area (Å²) >= 11 is 0. The van der Waals surface area contributed by atoms with Crippen molar-refractivity contribution in [2.75, 3.05) is 7.05 Å². The van der Waals surface area contributed by atoms with Crippen LogP contribution in [-0.4, -0.2) is 42.5 Å². The Morgan fingerprint density at radius 1 is 1.53 bits per heavy atom. The quantitative estimate of drug-likeness (QED) is 0.832. The van der Waals surface area contributed by atoms with E-state index in [4.69, 9.17) is 10.7 Å². The van der Waals surface area contributed by atoms with Crippen LogP contribution >= 0.6 is 10.7 Å². The molecule has 8 heteroatoms. The third kappa shape index (κ3) is 2.30. The van der Waals surface area contributed by atoms with Gasteiger partial charge in [0.05, 0.1) is 5.69 Å². The summed E-state index contributed by atoms with van der Waals surface area (Å²) < 4.78 is 22.8. The van der Waals surface area contributed by atoms with Crippen LogP contribution in [-0.2, 0) is 9.05 Å². The highest BCUT2D eigenvalue weighted by Gasteiger charge is 2.34. The second-order valence-electron chi connectivity index (χ2n) is 4.11. The number of nitrogens with zero attached hydrogens (tertiary/aromatic N) is 2. The predicted molar refractivity (Wildman–Crippen MR) is 61.5 cm³/mol. The van der Waals surface area contributed by atoms with Crippen molar-refractivity contribution in [1.29, 1.82) is 0 Å². The fourth-order valence-electron chi connectivity index (χ4n) is 1.66. The average Bonchev–Trinajstić information content (AvgIpc) is 2.98. The van der Waals surface area contributed by atoms with Gasteiger partial charge in [0, 0.05) is 23.8 Å². The van der Waals surface area contributed by atoms with E-state index < -0.39 is 15.0 Å². The van der Waals surface area contributed by atoms with Gasteiger partial charge in [0.2, 0.25) is 0 Å². The Bertz CT molecular complexity index is 562. The zero-order chi connectivity index (χ0) is 12.8. The maximum Gasteiger partial charge on any atom is 0.275 e. The predicted octanol–water partition coefficient (Wildman–Crippen LogP) is 0.880. The smallest absolute Gasteiger partial charge is 0.275 e. The van der Waals surface area contributed by atoms with E-state index in [0.717, 1.165) is 12.8 Å². The van der Waals surface area contributed by atoms with Crippen molar-refractivity contribution in [3.05, 3.63) is 11.4 Å². The normalized spacial score (nSPS) is 15.9. The van der Waals surface area contributed by atoms with E-state index in [-0.39, 0.29) is 22.3 Å². The molecule has 1 aliphatic carbocycles. The molecule has 0 atom stereocenters. The molecule has 1 saturated carbocycles. The molecule has 1 aromatic heterocycles. The summed E-state index contributed by atoms with van der Waals surface area (Å²) in [6.07, 6.45) is 1.88. The molecule has 0 bridgehead atoms. The second-order valence-corrected chi connectivity index (χ2v) is 6.61. The van der Waals surface area contributed by atoms with Crippen LogP contribution in [0.2, 0.25) is 0 Å². The number of aromatic nitrogens is 2. The summed E-state index contributed by atoms with van der Waals surface area (Å²) in [5, 5.41) is 6.21. The Kier molecular flexibility index (Phi) is 2.90. The summed E-state index contributed by atoms with van der Waals surface area (Å²) in [5.41, 5.74) is 0.138. The molecule has 0 aliphatic heterocycles. The SMILES string of the molecule is Cc1[nH]nc(C(=O)N(C)C2CC2)c1S(=O)(=O)Cl. The highest BCUT2D eigenvalue weighted by Crippen LogP contribution is 2.29. The first-order valence-electron chi connectivity index (χ1n) is 5.09. The lowest BCUT2D eigenvalue weighted by molar-refractivity contribution is 0.0775. The highest BCUT2D eigenvalue weighted by molar-refractivity contribution is 8.13. The molecular weight excluding hydrogens is 266 g/mol. The van der Waals surface area contributed by atoms with Gasteiger partial charge < -0.3 is 4.90 Å². The van der Waals surface area contributed by atoms with Crippen molar-refractivity contribution < 1.29 is 13.2 Å². The van der Waals surface area contributed by atoms with Gasteiger partial charge in [-0.1, -0.05) is 0 Å². The van der Waals surface area contributed by atoms with Crippen molar-refractivity contribution in [3.63, 3.8) is 0 Å². The third-order valence-electron chi connectivity index (χ3n) is 2.75. The first-order valence-corrected chi connectivity index (χ1v) is 7.40. The fraction of sp³-hybridized carbons (Fsp3) is 0.556. The zero-order valence-electron chi connectivity index (χ0n) is 9.40. The summed E-state index contributed by atoms with van der Waals surface area (Å²) in [4.78, 5) is 13.3. The molecule has 1 aromatic rings. The van der Waals surface area contributed by atoms with Crippen molar-refractivity contribution in [3.8, 4) is 0 Å². The first kappa shape index (κ1) is 12.4. The van der Waals surface area contributed by atoms with E-state index >= 15 is 0 Å². The number of carbonyl (C=O) groups excluding carboxylic acids is 1. The molecule has 1 amide bonds. The van der Waals surface area contributed by atoms with Crippen molar-refractivity contribution in [2.24, 2.45) is 0 Å². The number of hydrogen-bond acceptors (Lipinski definition) is 4. The molecule has 6 nitrogen and oxygen atoms in total. The lowest BCUT2D eigenvalue weighted by Gasteiger charge is -2.14. The van der Waals surface area contributed by atoms with Crippen molar-refractivity contribution >= 4 is 25.6 Å². The standard InChI is InChI=1S/C9H12ClN3O3S/c1-5-8(17(10,15)16)7(12-11-5)9(14)13(2)6-3-4-6/h6H,3-4H2,1-2H3,(H,11,12). The molecule has 0 radical (unpaired) electrons. The monoisotopic (exact) mass is 277 g/mol. The fourth-order valence-corrected chi connectivity index (χ4v) is 3.00. The van der Waals surface area contributed by atoms with Crippen LogP contribution in [0.25, 0.3) is 0 Å². The number of halogens is 1. The minimum absolute atomic E-state index is 0.132. The third-order valence-corrected chi connectivity index (χ3v) is 4.20. The first-order chi connectivity index (χ1) is 7.82.